The van der Waals surface area contributed by atoms with E-state index in [1.807, 2.05) is 0 Å². The van der Waals surface area contributed by atoms with E-state index in [2.05, 4.69) is 10.5 Å². The van der Waals surface area contributed by atoms with E-state index in [4.69, 9.17) is 9.63 Å². The van der Waals surface area contributed by atoms with Gasteiger partial charge in [0.1, 0.15) is 0 Å². The molecule has 5 nitrogen and oxygen atoms in total. The van der Waals surface area contributed by atoms with Crippen LogP contribution in [0, 0.1) is 0 Å². The van der Waals surface area contributed by atoms with E-state index in [1.54, 1.807) is 0 Å². The summed E-state index contributed by atoms with van der Waals surface area (Å²) >= 11 is 0. The zero-order valence-corrected chi connectivity index (χ0v) is 9.82. The van der Waals surface area contributed by atoms with Gasteiger partial charge in [-0.25, -0.2) is 4.79 Å². The third-order valence-electron chi connectivity index (χ3n) is 3.20. The molecule has 2 rings (SSSR count). The predicted octanol–water partition coefficient (Wildman–Crippen LogP) is 2.19. The van der Waals surface area contributed by atoms with Gasteiger partial charge < -0.3 is 14.9 Å². The third kappa shape index (κ3) is 3.56. The van der Waals surface area contributed by atoms with Crippen molar-refractivity contribution in [2.24, 2.45) is 0 Å². The number of aromatic carboxylic acids is 1. The monoisotopic (exact) mass is 238 g/mol. The highest BCUT2D eigenvalue weighted by molar-refractivity contribution is 5.85. The highest BCUT2D eigenvalue weighted by atomic mass is 16.5. The van der Waals surface area contributed by atoms with Crippen LogP contribution in [0.1, 0.15) is 54.8 Å². The molecular weight excluding hydrogens is 220 g/mol. The highest BCUT2D eigenvalue weighted by Crippen LogP contribution is 2.17. The maximum absolute atomic E-state index is 10.6. The molecule has 1 heterocycles. The van der Waals surface area contributed by atoms with E-state index >= 15 is 0 Å². The number of carboxylic acids is 1. The first-order valence-electron chi connectivity index (χ1n) is 6.18. The maximum atomic E-state index is 10.6. The second kappa shape index (κ2) is 5.82. The molecule has 1 aromatic rings. The lowest BCUT2D eigenvalue weighted by atomic mass is 10.1. The second-order valence-corrected chi connectivity index (χ2v) is 4.55. The number of hydrogen-bond acceptors (Lipinski definition) is 4. The number of nitrogens with one attached hydrogen (secondary N) is 1. The Bertz CT molecular complexity index is 368. The van der Waals surface area contributed by atoms with Gasteiger partial charge >= 0.3 is 5.97 Å². The van der Waals surface area contributed by atoms with Gasteiger partial charge in [-0.05, 0) is 12.8 Å². The van der Waals surface area contributed by atoms with Crippen molar-refractivity contribution in [1.82, 2.24) is 10.5 Å². The van der Waals surface area contributed by atoms with Crippen LogP contribution in [0.3, 0.4) is 0 Å². The fourth-order valence-electron chi connectivity index (χ4n) is 2.23. The van der Waals surface area contributed by atoms with Crippen LogP contribution in [0.25, 0.3) is 0 Å². The average Bonchev–Trinajstić information content (AvgIpc) is 2.63. The summed E-state index contributed by atoms with van der Waals surface area (Å²) in [5.74, 6) is -0.457. The van der Waals surface area contributed by atoms with Crippen molar-refractivity contribution < 1.29 is 14.4 Å². The van der Waals surface area contributed by atoms with E-state index in [0.29, 0.717) is 18.3 Å². The number of rotatable bonds is 4. The van der Waals surface area contributed by atoms with Gasteiger partial charge in [-0.1, -0.05) is 30.8 Å². The summed E-state index contributed by atoms with van der Waals surface area (Å²) in [7, 11) is 0. The Morgan fingerprint density at radius 3 is 2.71 bits per heavy atom. The Balaban J connectivity index is 1.81. The molecular formula is C12H18N2O3. The number of aromatic nitrogens is 1. The molecule has 1 aliphatic rings. The summed E-state index contributed by atoms with van der Waals surface area (Å²) in [5.41, 5.74) is -0.0253. The summed E-state index contributed by atoms with van der Waals surface area (Å²) in [6.45, 7) is 0.560. The molecule has 0 radical (unpaired) electrons. The zero-order chi connectivity index (χ0) is 12.1. The minimum Gasteiger partial charge on any atom is -0.476 e. The molecule has 5 heteroatoms. The van der Waals surface area contributed by atoms with Crippen LogP contribution < -0.4 is 5.32 Å². The van der Waals surface area contributed by atoms with Crippen LogP contribution in [-0.4, -0.2) is 22.3 Å². The zero-order valence-electron chi connectivity index (χ0n) is 9.82. The minimum absolute atomic E-state index is 0.0253. The van der Waals surface area contributed by atoms with Crippen molar-refractivity contribution in [3.63, 3.8) is 0 Å². The van der Waals surface area contributed by atoms with Crippen LogP contribution in [0.15, 0.2) is 10.6 Å². The lowest BCUT2D eigenvalue weighted by Gasteiger charge is -2.14. The molecule has 0 aromatic carbocycles. The molecule has 94 valence electrons. The van der Waals surface area contributed by atoms with E-state index in [-0.39, 0.29) is 5.69 Å². The molecule has 0 spiro atoms. The molecule has 0 amide bonds. The Kier molecular flexibility index (Phi) is 4.14. The Hall–Kier alpha value is -1.36. The quantitative estimate of drug-likeness (QED) is 0.786. The van der Waals surface area contributed by atoms with Gasteiger partial charge in [0, 0.05) is 12.1 Å². The molecule has 17 heavy (non-hydrogen) atoms. The SMILES string of the molecule is O=C(O)c1cc(CNC2CCCCCC2)on1. The van der Waals surface area contributed by atoms with Crippen molar-refractivity contribution in [3.8, 4) is 0 Å². The smallest absolute Gasteiger partial charge is 0.358 e. The average molecular weight is 238 g/mol. The molecule has 1 saturated carbocycles. The lowest BCUT2D eigenvalue weighted by molar-refractivity contribution is 0.0685. The van der Waals surface area contributed by atoms with Crippen molar-refractivity contribution in [2.75, 3.05) is 0 Å². The number of carboxylic acid groups (broad SMARTS) is 1. The van der Waals surface area contributed by atoms with Crippen LogP contribution >= 0.6 is 0 Å². The molecule has 1 aromatic heterocycles. The van der Waals surface area contributed by atoms with Crippen molar-refractivity contribution in [2.45, 2.75) is 51.1 Å². The fraction of sp³-hybridized carbons (Fsp3) is 0.667. The van der Waals surface area contributed by atoms with Crippen LogP contribution in [-0.2, 0) is 6.54 Å². The largest absolute Gasteiger partial charge is 0.476 e. The first kappa shape index (κ1) is 12.1. The molecule has 2 N–H and O–H groups in total. The molecule has 0 aliphatic heterocycles. The topological polar surface area (TPSA) is 75.4 Å². The summed E-state index contributed by atoms with van der Waals surface area (Å²) in [6.07, 6.45) is 7.58. The van der Waals surface area contributed by atoms with Gasteiger partial charge in [0.2, 0.25) is 0 Å². The fourth-order valence-corrected chi connectivity index (χ4v) is 2.23. The number of carbonyl (C=O) groups is 1. The summed E-state index contributed by atoms with van der Waals surface area (Å²) in [6, 6.07) is 2.00. The van der Waals surface area contributed by atoms with Crippen molar-refractivity contribution in [1.29, 1.82) is 0 Å². The Morgan fingerprint density at radius 1 is 1.41 bits per heavy atom. The molecule has 0 unspecified atom stereocenters. The van der Waals surface area contributed by atoms with Gasteiger partial charge in [0.15, 0.2) is 11.5 Å². The lowest BCUT2D eigenvalue weighted by Crippen LogP contribution is -2.27. The summed E-state index contributed by atoms with van der Waals surface area (Å²) < 4.78 is 4.95. The standard InChI is InChI=1S/C12H18N2O3/c15-12(16)11-7-10(17-14-11)8-13-9-5-3-1-2-4-6-9/h7,9,13H,1-6,8H2,(H,15,16). The first-order valence-corrected chi connectivity index (χ1v) is 6.18. The van der Waals surface area contributed by atoms with Gasteiger partial charge in [-0.15, -0.1) is 0 Å². The second-order valence-electron chi connectivity index (χ2n) is 4.55. The van der Waals surface area contributed by atoms with E-state index in [9.17, 15) is 4.79 Å². The van der Waals surface area contributed by atoms with E-state index < -0.39 is 5.97 Å². The Morgan fingerprint density at radius 2 is 2.12 bits per heavy atom. The normalized spacial score (nSPS) is 17.9. The van der Waals surface area contributed by atoms with Gasteiger partial charge in [0.25, 0.3) is 0 Å². The third-order valence-corrected chi connectivity index (χ3v) is 3.20. The molecule has 1 fully saturated rings. The maximum Gasteiger partial charge on any atom is 0.358 e. The van der Waals surface area contributed by atoms with Crippen LogP contribution in [0.5, 0.6) is 0 Å². The van der Waals surface area contributed by atoms with Gasteiger partial charge in [0.05, 0.1) is 6.54 Å². The summed E-state index contributed by atoms with van der Waals surface area (Å²) in [5, 5.41) is 15.6. The van der Waals surface area contributed by atoms with Crippen molar-refractivity contribution in [3.05, 3.63) is 17.5 Å². The molecule has 0 atom stereocenters. The summed E-state index contributed by atoms with van der Waals surface area (Å²) in [4.78, 5) is 10.6. The molecule has 0 saturated heterocycles. The van der Waals surface area contributed by atoms with Crippen LogP contribution in [0.4, 0.5) is 0 Å². The number of nitrogens with zero attached hydrogens (tertiary/aromatic N) is 1. The van der Waals surface area contributed by atoms with Crippen LogP contribution in [0.2, 0.25) is 0 Å². The minimum atomic E-state index is -1.05. The van der Waals surface area contributed by atoms with Gasteiger partial charge in [-0.2, -0.15) is 0 Å². The first-order chi connectivity index (χ1) is 8.25. The van der Waals surface area contributed by atoms with E-state index in [1.165, 1.54) is 44.6 Å². The van der Waals surface area contributed by atoms with Gasteiger partial charge in [-0.3, -0.25) is 0 Å². The molecule has 1 aliphatic carbocycles. The highest BCUT2D eigenvalue weighted by Gasteiger charge is 2.14. The Labute approximate surface area is 100 Å². The van der Waals surface area contributed by atoms with E-state index in [0.717, 1.165) is 0 Å². The molecule has 0 bridgehead atoms. The number of hydrogen-bond donors (Lipinski definition) is 2. The predicted molar refractivity (Wildman–Crippen MR) is 61.8 cm³/mol. The van der Waals surface area contributed by atoms with Crippen molar-refractivity contribution >= 4 is 5.97 Å².